The largest absolute Gasteiger partial charge is 0.309 e. The Balaban J connectivity index is 1.06. The Morgan fingerprint density at radius 1 is 0.235 bits per heavy atom. The fourth-order valence-electron chi connectivity index (χ4n) is 9.96. The predicted octanol–water partition coefficient (Wildman–Crippen LogP) is 16.1. The molecule has 318 valence electrons. The zero-order valence-corrected chi connectivity index (χ0v) is 36.9. The van der Waals surface area contributed by atoms with Crippen LogP contribution < -0.4 is 0 Å². The molecule has 0 unspecified atom stereocenters. The van der Waals surface area contributed by atoms with Crippen LogP contribution in [0.5, 0.6) is 0 Å². The summed E-state index contributed by atoms with van der Waals surface area (Å²) in [6.07, 6.45) is 0. The van der Waals surface area contributed by atoms with E-state index >= 15 is 0 Å². The summed E-state index contributed by atoms with van der Waals surface area (Å²) in [5.74, 6) is 1.87. The molecule has 3 heterocycles. The van der Waals surface area contributed by atoms with Crippen LogP contribution in [-0.4, -0.2) is 24.1 Å². The molecule has 0 saturated carbocycles. The van der Waals surface area contributed by atoms with Gasteiger partial charge in [-0.15, -0.1) is 0 Å². The van der Waals surface area contributed by atoms with Crippen molar-refractivity contribution < 1.29 is 0 Å². The lowest BCUT2D eigenvalue weighted by Gasteiger charge is -2.15. The summed E-state index contributed by atoms with van der Waals surface area (Å²) in [5, 5.41) is 4.81. The molecule has 0 aliphatic heterocycles. The van der Waals surface area contributed by atoms with E-state index in [4.69, 9.17) is 15.0 Å². The highest BCUT2D eigenvalue weighted by Gasteiger charge is 2.21. The Labute approximate surface area is 393 Å². The molecule has 3 aromatic heterocycles. The number of nitrogens with zero attached hydrogens (tertiary/aromatic N) is 5. The van der Waals surface area contributed by atoms with Crippen LogP contribution >= 0.6 is 0 Å². The van der Waals surface area contributed by atoms with Gasteiger partial charge in [-0.05, 0) is 88.5 Å². The van der Waals surface area contributed by atoms with Gasteiger partial charge in [0.2, 0.25) is 0 Å². The number of benzene rings is 10. The second-order valence-electron chi connectivity index (χ2n) is 17.2. The molecule has 0 aliphatic carbocycles. The molecule has 0 radical (unpaired) electrons. The normalized spacial score (nSPS) is 11.5. The highest BCUT2D eigenvalue weighted by molar-refractivity contribution is 6.16. The van der Waals surface area contributed by atoms with Crippen LogP contribution in [0, 0.1) is 0 Å². The first-order chi connectivity index (χ1) is 33.7. The van der Waals surface area contributed by atoms with Gasteiger partial charge in [-0.1, -0.05) is 188 Å². The standard InChI is InChI=1S/C63H41N5/c1-6-19-42(20-7-1)49-39-54(43-21-8-2-9-22-43)60-56(40-49)55-38-46(47-33-35-53-52-31-16-17-32-57(52)67(59(53)41-47)50-28-14-5-15-29-50)34-36-58(55)68(60)51-30-18-27-48(37-51)63-65-61(44-23-10-3-11-24-44)64-62(66-63)45-25-12-4-13-26-45/h1-41H. The third kappa shape index (κ3) is 6.76. The van der Waals surface area contributed by atoms with Gasteiger partial charge in [0.15, 0.2) is 17.5 Å². The number of rotatable bonds is 8. The van der Waals surface area contributed by atoms with Crippen LogP contribution in [0.25, 0.3) is 123 Å². The molecule has 0 aliphatic rings. The predicted molar refractivity (Wildman–Crippen MR) is 281 cm³/mol. The average Bonchev–Trinajstić information content (AvgIpc) is 3.94. The highest BCUT2D eigenvalue weighted by Crippen LogP contribution is 2.44. The van der Waals surface area contributed by atoms with Crippen molar-refractivity contribution in [2.45, 2.75) is 0 Å². The van der Waals surface area contributed by atoms with Crippen molar-refractivity contribution in [1.82, 2.24) is 24.1 Å². The third-order valence-electron chi connectivity index (χ3n) is 13.1. The van der Waals surface area contributed by atoms with E-state index in [1.165, 1.54) is 38.1 Å². The number of para-hydroxylation sites is 2. The SMILES string of the molecule is c1ccc(-c2cc(-c3ccccc3)c3c(c2)c2cc(-c4ccc5c6ccccc6n(-c6ccccc6)c5c4)ccc2n3-c2cccc(-c3nc(-c4ccccc4)nc(-c4ccccc4)n3)c2)cc1. The molecular weight excluding hydrogens is 827 g/mol. The van der Waals surface area contributed by atoms with Gasteiger partial charge in [-0.2, -0.15) is 0 Å². The summed E-state index contributed by atoms with van der Waals surface area (Å²) in [7, 11) is 0. The Morgan fingerprint density at radius 3 is 1.40 bits per heavy atom. The quantitative estimate of drug-likeness (QED) is 0.153. The molecule has 0 spiro atoms. The van der Waals surface area contributed by atoms with Gasteiger partial charge < -0.3 is 9.13 Å². The van der Waals surface area contributed by atoms with E-state index < -0.39 is 0 Å². The molecule has 0 fully saturated rings. The average molecular weight is 868 g/mol. The van der Waals surface area contributed by atoms with Crippen molar-refractivity contribution in [3.05, 3.63) is 249 Å². The monoisotopic (exact) mass is 867 g/mol. The van der Waals surface area contributed by atoms with E-state index in [1.807, 2.05) is 60.7 Å². The summed E-state index contributed by atoms with van der Waals surface area (Å²) in [4.78, 5) is 15.2. The zero-order valence-electron chi connectivity index (χ0n) is 36.9. The summed E-state index contributed by atoms with van der Waals surface area (Å²) in [6, 6.07) is 88.5. The van der Waals surface area contributed by atoms with E-state index in [-0.39, 0.29) is 0 Å². The smallest absolute Gasteiger partial charge is 0.164 e. The molecule has 0 atom stereocenters. The van der Waals surface area contributed by atoms with Crippen LogP contribution in [-0.2, 0) is 0 Å². The van der Waals surface area contributed by atoms with E-state index in [9.17, 15) is 0 Å². The molecule has 5 nitrogen and oxygen atoms in total. The second kappa shape index (κ2) is 16.4. The van der Waals surface area contributed by atoms with Gasteiger partial charge in [0.25, 0.3) is 0 Å². The minimum Gasteiger partial charge on any atom is -0.309 e. The molecule has 0 saturated heterocycles. The Bertz CT molecular complexity index is 3930. The molecule has 13 rings (SSSR count). The van der Waals surface area contributed by atoms with Crippen molar-refractivity contribution in [3.8, 4) is 78.9 Å². The van der Waals surface area contributed by atoms with E-state index in [2.05, 4.69) is 197 Å². The van der Waals surface area contributed by atoms with Crippen molar-refractivity contribution in [3.63, 3.8) is 0 Å². The summed E-state index contributed by atoms with van der Waals surface area (Å²) in [5.41, 5.74) is 16.5. The first kappa shape index (κ1) is 39.2. The number of hydrogen-bond acceptors (Lipinski definition) is 3. The molecule has 0 N–H and O–H groups in total. The van der Waals surface area contributed by atoms with Crippen molar-refractivity contribution in [2.24, 2.45) is 0 Å². The topological polar surface area (TPSA) is 48.5 Å². The zero-order chi connectivity index (χ0) is 45.0. The fraction of sp³-hybridized carbons (Fsp3) is 0. The minimum absolute atomic E-state index is 0.612. The molecule has 5 heteroatoms. The fourth-order valence-corrected chi connectivity index (χ4v) is 9.96. The maximum absolute atomic E-state index is 5.13. The molecule has 10 aromatic carbocycles. The van der Waals surface area contributed by atoms with E-state index in [0.29, 0.717) is 17.5 Å². The summed E-state index contributed by atoms with van der Waals surface area (Å²) in [6.45, 7) is 0. The van der Waals surface area contributed by atoms with Crippen LogP contribution in [0.1, 0.15) is 0 Å². The Kier molecular flexibility index (Phi) is 9.43. The molecule has 13 aromatic rings. The molecule has 0 amide bonds. The lowest BCUT2D eigenvalue weighted by atomic mass is 9.95. The third-order valence-corrected chi connectivity index (χ3v) is 13.1. The first-order valence-corrected chi connectivity index (χ1v) is 23.0. The summed E-state index contributed by atoms with van der Waals surface area (Å²) < 4.78 is 4.82. The number of aromatic nitrogens is 5. The lowest BCUT2D eigenvalue weighted by molar-refractivity contribution is 1.07. The Morgan fingerprint density at radius 2 is 0.721 bits per heavy atom. The first-order valence-electron chi connectivity index (χ1n) is 23.0. The van der Waals surface area contributed by atoms with Gasteiger partial charge in [0, 0.05) is 55.2 Å². The van der Waals surface area contributed by atoms with Crippen LogP contribution in [0.15, 0.2) is 249 Å². The van der Waals surface area contributed by atoms with Gasteiger partial charge in [-0.3, -0.25) is 0 Å². The number of fused-ring (bicyclic) bond motifs is 6. The van der Waals surface area contributed by atoms with Crippen LogP contribution in [0.3, 0.4) is 0 Å². The van der Waals surface area contributed by atoms with Gasteiger partial charge >= 0.3 is 0 Å². The van der Waals surface area contributed by atoms with E-state index in [0.717, 1.165) is 66.9 Å². The molecular formula is C63H41N5. The highest BCUT2D eigenvalue weighted by atomic mass is 15.0. The minimum atomic E-state index is 0.612. The maximum Gasteiger partial charge on any atom is 0.164 e. The van der Waals surface area contributed by atoms with Crippen LogP contribution in [0.2, 0.25) is 0 Å². The maximum atomic E-state index is 5.13. The van der Waals surface area contributed by atoms with Crippen molar-refractivity contribution in [1.29, 1.82) is 0 Å². The van der Waals surface area contributed by atoms with Crippen molar-refractivity contribution >= 4 is 43.6 Å². The second-order valence-corrected chi connectivity index (χ2v) is 17.2. The van der Waals surface area contributed by atoms with Gasteiger partial charge in [-0.25, -0.2) is 15.0 Å². The van der Waals surface area contributed by atoms with Crippen LogP contribution in [0.4, 0.5) is 0 Å². The molecule has 0 bridgehead atoms. The van der Waals surface area contributed by atoms with Gasteiger partial charge in [0.1, 0.15) is 0 Å². The number of hydrogen-bond donors (Lipinski definition) is 0. The Hall–Kier alpha value is -9.19. The lowest BCUT2D eigenvalue weighted by Crippen LogP contribution is -2.01. The molecule has 68 heavy (non-hydrogen) atoms. The van der Waals surface area contributed by atoms with E-state index in [1.54, 1.807) is 0 Å². The summed E-state index contributed by atoms with van der Waals surface area (Å²) >= 11 is 0. The van der Waals surface area contributed by atoms with Crippen molar-refractivity contribution in [2.75, 3.05) is 0 Å². The van der Waals surface area contributed by atoms with Gasteiger partial charge in [0.05, 0.1) is 22.1 Å².